The van der Waals surface area contributed by atoms with Crippen molar-refractivity contribution in [2.75, 3.05) is 6.54 Å². The van der Waals surface area contributed by atoms with E-state index in [-0.39, 0.29) is 23.6 Å². The van der Waals surface area contributed by atoms with E-state index in [0.29, 0.717) is 12.1 Å². The van der Waals surface area contributed by atoms with E-state index in [4.69, 9.17) is 0 Å². The number of rotatable bonds is 3. The monoisotopic (exact) mass is 323 g/mol. The van der Waals surface area contributed by atoms with Crippen molar-refractivity contribution in [2.45, 2.75) is 19.0 Å². The average molecular weight is 323 g/mol. The van der Waals surface area contributed by atoms with Crippen LogP contribution >= 0.6 is 0 Å². The van der Waals surface area contributed by atoms with Gasteiger partial charge in [-0.1, -0.05) is 36.4 Å². The van der Waals surface area contributed by atoms with Gasteiger partial charge in [-0.05, 0) is 13.0 Å². The van der Waals surface area contributed by atoms with Gasteiger partial charge in [-0.25, -0.2) is 0 Å². The maximum absolute atomic E-state index is 13.1. The van der Waals surface area contributed by atoms with Gasteiger partial charge >= 0.3 is 0 Å². The van der Waals surface area contributed by atoms with Crippen molar-refractivity contribution in [1.82, 2.24) is 9.91 Å². The third kappa shape index (κ3) is 1.89. The van der Waals surface area contributed by atoms with Crippen LogP contribution in [0.3, 0.4) is 0 Å². The second-order valence-electron chi connectivity index (χ2n) is 6.17. The lowest BCUT2D eigenvalue weighted by atomic mass is 9.86. The standard InChI is InChI=1S/C18H17N3O3/c1-2-20-17(23)13-12-9-6-10-19-21(12)15(14(13)18(20)24)16(22)11-7-4-3-5-8-11/h3-10,12-15H,2H2,1H3/t12-,13+,14+,15-/m1/s1. The van der Waals surface area contributed by atoms with Crippen LogP contribution in [0.25, 0.3) is 0 Å². The number of ketones is 1. The number of carbonyl (C=O) groups excluding carboxylic acids is 3. The zero-order chi connectivity index (χ0) is 16.8. The number of hydrazone groups is 1. The van der Waals surface area contributed by atoms with Crippen LogP contribution in [-0.2, 0) is 9.59 Å². The fourth-order valence-electron chi connectivity index (χ4n) is 3.98. The lowest BCUT2D eigenvalue weighted by Gasteiger charge is -2.30. The molecule has 3 heterocycles. The molecule has 4 rings (SSSR count). The van der Waals surface area contributed by atoms with Crippen molar-refractivity contribution in [3.63, 3.8) is 0 Å². The molecule has 3 aliphatic heterocycles. The van der Waals surface area contributed by atoms with Gasteiger partial charge in [-0.15, -0.1) is 0 Å². The van der Waals surface area contributed by atoms with Gasteiger partial charge in [-0.2, -0.15) is 5.10 Å². The molecule has 1 aromatic rings. The minimum absolute atomic E-state index is 0.167. The number of fused-ring (bicyclic) bond motifs is 3. The molecule has 4 atom stereocenters. The highest BCUT2D eigenvalue weighted by Crippen LogP contribution is 2.44. The topological polar surface area (TPSA) is 70.1 Å². The molecule has 0 saturated carbocycles. The Bertz CT molecular complexity index is 771. The van der Waals surface area contributed by atoms with Crippen molar-refractivity contribution in [1.29, 1.82) is 0 Å². The summed E-state index contributed by atoms with van der Waals surface area (Å²) >= 11 is 0. The normalized spacial score (nSPS) is 30.7. The van der Waals surface area contributed by atoms with Crippen LogP contribution in [0, 0.1) is 11.8 Å². The number of hydrogen-bond acceptors (Lipinski definition) is 5. The molecular weight excluding hydrogens is 306 g/mol. The van der Waals surface area contributed by atoms with Gasteiger partial charge in [0.05, 0.1) is 17.9 Å². The summed E-state index contributed by atoms with van der Waals surface area (Å²) in [6, 6.07) is 7.79. The molecule has 0 N–H and O–H groups in total. The van der Waals surface area contributed by atoms with Gasteiger partial charge in [0, 0.05) is 18.3 Å². The first-order valence-corrected chi connectivity index (χ1v) is 8.08. The van der Waals surface area contributed by atoms with Crippen LogP contribution in [0.2, 0.25) is 0 Å². The van der Waals surface area contributed by atoms with E-state index in [1.54, 1.807) is 48.5 Å². The molecule has 0 radical (unpaired) electrons. The predicted molar refractivity (Wildman–Crippen MR) is 87.2 cm³/mol. The Hall–Kier alpha value is -2.76. The largest absolute Gasteiger partial charge is 0.292 e. The van der Waals surface area contributed by atoms with Gasteiger partial charge in [0.2, 0.25) is 11.8 Å². The zero-order valence-corrected chi connectivity index (χ0v) is 13.2. The minimum atomic E-state index is -0.739. The molecule has 122 valence electrons. The van der Waals surface area contributed by atoms with E-state index in [2.05, 4.69) is 5.10 Å². The van der Waals surface area contributed by atoms with E-state index in [1.807, 2.05) is 12.1 Å². The third-order valence-corrected chi connectivity index (χ3v) is 5.03. The van der Waals surface area contributed by atoms with Crippen LogP contribution in [0.15, 0.2) is 47.6 Å². The van der Waals surface area contributed by atoms with E-state index in [0.717, 1.165) is 0 Å². The molecule has 6 nitrogen and oxygen atoms in total. The SMILES string of the molecule is CCN1C(=O)[C@@H]2[C@H](C1=O)[C@H](C(=O)c1ccccc1)N1N=CC=C[C@H]21. The number of allylic oxidation sites excluding steroid dienone is 1. The smallest absolute Gasteiger partial charge is 0.235 e. The maximum Gasteiger partial charge on any atom is 0.235 e. The van der Waals surface area contributed by atoms with Crippen LogP contribution < -0.4 is 0 Å². The Morgan fingerprint density at radius 1 is 1.12 bits per heavy atom. The third-order valence-electron chi connectivity index (χ3n) is 5.03. The average Bonchev–Trinajstić information content (AvgIpc) is 3.08. The van der Waals surface area contributed by atoms with Crippen LogP contribution in [-0.4, -0.2) is 52.3 Å². The molecule has 0 bridgehead atoms. The van der Waals surface area contributed by atoms with Crippen LogP contribution in [0.5, 0.6) is 0 Å². The molecule has 0 spiro atoms. The maximum atomic E-state index is 13.1. The van der Waals surface area contributed by atoms with E-state index >= 15 is 0 Å². The summed E-state index contributed by atoms with van der Waals surface area (Å²) in [6.45, 7) is 2.11. The Balaban J connectivity index is 1.79. The highest BCUT2D eigenvalue weighted by molar-refractivity contribution is 6.11. The van der Waals surface area contributed by atoms with Crippen molar-refractivity contribution >= 4 is 23.8 Å². The van der Waals surface area contributed by atoms with Crippen molar-refractivity contribution in [3.05, 3.63) is 48.0 Å². The van der Waals surface area contributed by atoms with Gasteiger partial charge in [-0.3, -0.25) is 24.3 Å². The summed E-state index contributed by atoms with van der Waals surface area (Å²) in [5, 5.41) is 5.93. The lowest BCUT2D eigenvalue weighted by Crippen LogP contribution is -2.45. The molecule has 0 aliphatic carbocycles. The molecule has 2 amide bonds. The zero-order valence-electron chi connectivity index (χ0n) is 13.2. The molecule has 3 aliphatic rings. The second-order valence-corrected chi connectivity index (χ2v) is 6.17. The summed E-state index contributed by atoms with van der Waals surface area (Å²) in [7, 11) is 0. The number of carbonyl (C=O) groups is 3. The van der Waals surface area contributed by atoms with E-state index in [9.17, 15) is 14.4 Å². The summed E-state index contributed by atoms with van der Waals surface area (Å²) in [4.78, 5) is 39.8. The Labute approximate surface area is 139 Å². The number of hydrogen-bond donors (Lipinski definition) is 0. The van der Waals surface area contributed by atoms with Gasteiger partial charge in [0.15, 0.2) is 5.78 Å². The van der Waals surface area contributed by atoms with Gasteiger partial charge in [0.25, 0.3) is 0 Å². The molecule has 0 unspecified atom stereocenters. The summed E-state index contributed by atoms with van der Waals surface area (Å²) in [6.07, 6.45) is 5.21. The number of Topliss-reactive ketones (excluding diaryl/α,β-unsaturated/α-hetero) is 1. The number of amides is 2. The molecule has 2 fully saturated rings. The number of benzene rings is 1. The fourth-order valence-corrected chi connectivity index (χ4v) is 3.98. The van der Waals surface area contributed by atoms with Crippen molar-refractivity contribution in [3.8, 4) is 0 Å². The predicted octanol–water partition coefficient (Wildman–Crippen LogP) is 1.10. The number of likely N-dealkylation sites (tertiary alicyclic amines) is 1. The number of nitrogens with zero attached hydrogens (tertiary/aromatic N) is 3. The summed E-state index contributed by atoms with van der Waals surface area (Å²) in [5.74, 6) is -1.84. The lowest BCUT2D eigenvalue weighted by molar-refractivity contribution is -0.141. The Morgan fingerprint density at radius 3 is 2.54 bits per heavy atom. The first-order chi connectivity index (χ1) is 11.6. The first kappa shape index (κ1) is 14.8. The quantitative estimate of drug-likeness (QED) is 0.617. The van der Waals surface area contributed by atoms with Crippen molar-refractivity contribution in [2.24, 2.45) is 16.9 Å². The van der Waals surface area contributed by atoms with E-state index in [1.165, 1.54) is 4.90 Å². The Kier molecular flexibility index (Phi) is 3.33. The highest BCUT2D eigenvalue weighted by Gasteiger charge is 2.63. The minimum Gasteiger partial charge on any atom is -0.292 e. The second kappa shape index (κ2) is 5.40. The summed E-state index contributed by atoms with van der Waals surface area (Å²) in [5.41, 5.74) is 0.529. The fraction of sp³-hybridized carbons (Fsp3) is 0.333. The molecule has 24 heavy (non-hydrogen) atoms. The van der Waals surface area contributed by atoms with Crippen LogP contribution in [0.4, 0.5) is 0 Å². The summed E-state index contributed by atoms with van der Waals surface area (Å²) < 4.78 is 0. The van der Waals surface area contributed by atoms with Gasteiger partial charge < -0.3 is 0 Å². The molecular formula is C18H17N3O3. The molecule has 1 aromatic carbocycles. The number of imide groups is 1. The van der Waals surface area contributed by atoms with E-state index < -0.39 is 17.9 Å². The van der Waals surface area contributed by atoms with Gasteiger partial charge in [0.1, 0.15) is 6.04 Å². The molecule has 2 saturated heterocycles. The van der Waals surface area contributed by atoms with Crippen molar-refractivity contribution < 1.29 is 14.4 Å². The van der Waals surface area contributed by atoms with Crippen LogP contribution in [0.1, 0.15) is 17.3 Å². The Morgan fingerprint density at radius 2 is 1.83 bits per heavy atom. The first-order valence-electron chi connectivity index (χ1n) is 8.08. The molecule has 0 aromatic heterocycles. The molecule has 6 heteroatoms. The highest BCUT2D eigenvalue weighted by atomic mass is 16.2.